The Labute approximate surface area is 143 Å². The van der Waals surface area contributed by atoms with Crippen molar-refractivity contribution >= 4 is 17.2 Å². The maximum atomic E-state index is 12.4. The van der Waals surface area contributed by atoms with Gasteiger partial charge in [-0.1, -0.05) is 19.9 Å². The maximum absolute atomic E-state index is 12.4. The Bertz CT molecular complexity index is 468. The van der Waals surface area contributed by atoms with E-state index in [1.165, 1.54) is 4.88 Å². The van der Waals surface area contributed by atoms with Crippen molar-refractivity contribution in [3.8, 4) is 0 Å². The second-order valence-electron chi connectivity index (χ2n) is 6.73. The summed E-state index contributed by atoms with van der Waals surface area (Å²) >= 11 is 1.69. The molecule has 6 heteroatoms. The molecule has 0 radical (unpaired) electrons. The lowest BCUT2D eigenvalue weighted by Crippen LogP contribution is -2.51. The zero-order valence-electron chi connectivity index (χ0n) is 14.4. The zero-order chi connectivity index (χ0) is 16.8. The van der Waals surface area contributed by atoms with Crippen LogP contribution < -0.4 is 5.32 Å². The van der Waals surface area contributed by atoms with Gasteiger partial charge in [-0.15, -0.1) is 11.3 Å². The summed E-state index contributed by atoms with van der Waals surface area (Å²) in [6, 6.07) is 4.21. The minimum Gasteiger partial charge on any atom is -0.392 e. The zero-order valence-corrected chi connectivity index (χ0v) is 15.2. The lowest BCUT2D eigenvalue weighted by atomic mass is 10.0. The number of aliphatic hydroxyl groups excluding tert-OH is 1. The van der Waals surface area contributed by atoms with Gasteiger partial charge in [0.1, 0.15) is 0 Å². The Kier molecular flexibility index (Phi) is 7.02. The third-order valence-electron chi connectivity index (χ3n) is 4.19. The van der Waals surface area contributed by atoms with E-state index in [4.69, 9.17) is 0 Å². The molecule has 2 rings (SSSR count). The Morgan fingerprint density at radius 2 is 1.91 bits per heavy atom. The average molecular weight is 340 g/mol. The molecule has 0 aliphatic carbocycles. The highest BCUT2D eigenvalue weighted by Crippen LogP contribution is 2.25. The number of hydrogen-bond acceptors (Lipinski definition) is 5. The molecule has 5 nitrogen and oxygen atoms in total. The SMILES string of the molecule is CC(C)[C@H](NC(=O)CN1CCN(C[C@H](C)O)CC1)c1cccs1. The second-order valence-corrected chi connectivity index (χ2v) is 7.71. The first-order valence-electron chi connectivity index (χ1n) is 8.41. The Morgan fingerprint density at radius 3 is 2.43 bits per heavy atom. The van der Waals surface area contributed by atoms with Gasteiger partial charge in [0.2, 0.25) is 5.91 Å². The molecule has 1 aliphatic rings. The number of hydrogen-bond donors (Lipinski definition) is 2. The lowest BCUT2D eigenvalue weighted by molar-refractivity contribution is -0.123. The van der Waals surface area contributed by atoms with Gasteiger partial charge in [-0.2, -0.15) is 0 Å². The van der Waals surface area contributed by atoms with Gasteiger partial charge in [0.05, 0.1) is 18.7 Å². The third-order valence-corrected chi connectivity index (χ3v) is 5.14. The van der Waals surface area contributed by atoms with E-state index in [0.717, 1.165) is 26.2 Å². The predicted molar refractivity (Wildman–Crippen MR) is 94.6 cm³/mol. The molecule has 2 N–H and O–H groups in total. The van der Waals surface area contributed by atoms with Crippen molar-refractivity contribution in [2.45, 2.75) is 32.9 Å². The van der Waals surface area contributed by atoms with Gasteiger partial charge in [-0.3, -0.25) is 14.6 Å². The molecule has 0 unspecified atom stereocenters. The van der Waals surface area contributed by atoms with Crippen LogP contribution in [0.5, 0.6) is 0 Å². The van der Waals surface area contributed by atoms with E-state index >= 15 is 0 Å². The normalized spacial score (nSPS) is 19.7. The summed E-state index contributed by atoms with van der Waals surface area (Å²) in [5.41, 5.74) is 0. The van der Waals surface area contributed by atoms with Gasteiger partial charge in [-0.05, 0) is 24.3 Å². The molecule has 2 atom stereocenters. The van der Waals surface area contributed by atoms with Gasteiger partial charge >= 0.3 is 0 Å². The molecular weight excluding hydrogens is 310 g/mol. The number of β-amino-alcohol motifs (C(OH)–C–C–N with tert-alkyl or cyclic N) is 1. The van der Waals surface area contributed by atoms with E-state index in [9.17, 15) is 9.90 Å². The van der Waals surface area contributed by atoms with Crippen LogP contribution in [0.1, 0.15) is 31.7 Å². The molecule has 0 bridgehead atoms. The van der Waals surface area contributed by atoms with Gasteiger partial charge in [-0.25, -0.2) is 0 Å². The summed E-state index contributed by atoms with van der Waals surface area (Å²) in [6.45, 7) is 10.9. The van der Waals surface area contributed by atoms with Crippen LogP contribution in [-0.2, 0) is 4.79 Å². The Morgan fingerprint density at radius 1 is 1.26 bits per heavy atom. The summed E-state index contributed by atoms with van der Waals surface area (Å²) in [5.74, 6) is 0.474. The fourth-order valence-corrected chi connectivity index (χ4v) is 3.91. The molecule has 1 fully saturated rings. The fourth-order valence-electron chi connectivity index (χ4n) is 2.96. The van der Waals surface area contributed by atoms with Crippen molar-refractivity contribution in [3.05, 3.63) is 22.4 Å². The minimum absolute atomic E-state index is 0.0963. The van der Waals surface area contributed by atoms with Crippen molar-refractivity contribution in [3.63, 3.8) is 0 Å². The quantitative estimate of drug-likeness (QED) is 0.792. The van der Waals surface area contributed by atoms with E-state index in [1.807, 2.05) is 13.0 Å². The van der Waals surface area contributed by atoms with Crippen LogP contribution in [0, 0.1) is 5.92 Å². The molecule has 1 aromatic heterocycles. The highest BCUT2D eigenvalue weighted by Gasteiger charge is 2.23. The first kappa shape index (κ1) is 18.4. The first-order chi connectivity index (χ1) is 11.0. The number of thiophene rings is 1. The predicted octanol–water partition coefficient (Wildman–Crippen LogP) is 1.56. The number of aliphatic hydroxyl groups is 1. The van der Waals surface area contributed by atoms with Gasteiger partial charge in [0.25, 0.3) is 0 Å². The molecule has 23 heavy (non-hydrogen) atoms. The number of amides is 1. The van der Waals surface area contributed by atoms with Crippen molar-refractivity contribution in [2.75, 3.05) is 39.3 Å². The van der Waals surface area contributed by atoms with Crippen LogP contribution in [-0.4, -0.2) is 66.2 Å². The van der Waals surface area contributed by atoms with Crippen LogP contribution in [0.15, 0.2) is 17.5 Å². The summed E-state index contributed by atoms with van der Waals surface area (Å²) in [7, 11) is 0. The van der Waals surface area contributed by atoms with Crippen LogP contribution in [0.4, 0.5) is 0 Å². The van der Waals surface area contributed by atoms with E-state index in [0.29, 0.717) is 19.0 Å². The van der Waals surface area contributed by atoms with E-state index in [2.05, 4.69) is 40.4 Å². The standard InChI is InChI=1S/C17H29N3O2S/c1-13(2)17(15-5-4-10-23-15)18-16(22)12-20-8-6-19(7-9-20)11-14(3)21/h4-5,10,13-14,17,21H,6-9,11-12H2,1-3H3,(H,18,22)/t14-,17-/m0/s1. The largest absolute Gasteiger partial charge is 0.392 e. The van der Waals surface area contributed by atoms with Crippen LogP contribution >= 0.6 is 11.3 Å². The average Bonchev–Trinajstić information content (AvgIpc) is 3.00. The molecule has 1 amide bonds. The van der Waals surface area contributed by atoms with Gasteiger partial charge in [0.15, 0.2) is 0 Å². The topological polar surface area (TPSA) is 55.8 Å². The van der Waals surface area contributed by atoms with Crippen LogP contribution in [0.3, 0.4) is 0 Å². The van der Waals surface area contributed by atoms with Gasteiger partial charge in [0, 0.05) is 37.6 Å². The molecular formula is C17H29N3O2S. The Hall–Kier alpha value is -0.950. The number of nitrogens with zero attached hydrogens (tertiary/aromatic N) is 2. The van der Waals surface area contributed by atoms with Crippen LogP contribution in [0.25, 0.3) is 0 Å². The molecule has 1 aromatic rings. The molecule has 0 aromatic carbocycles. The van der Waals surface area contributed by atoms with E-state index < -0.39 is 0 Å². The third kappa shape index (κ3) is 5.88. The van der Waals surface area contributed by atoms with Crippen molar-refractivity contribution in [1.29, 1.82) is 0 Å². The van der Waals surface area contributed by atoms with E-state index in [1.54, 1.807) is 11.3 Å². The maximum Gasteiger partial charge on any atom is 0.234 e. The van der Waals surface area contributed by atoms with Crippen molar-refractivity contribution < 1.29 is 9.90 Å². The van der Waals surface area contributed by atoms with Crippen molar-refractivity contribution in [2.24, 2.45) is 5.92 Å². The molecule has 1 saturated heterocycles. The highest BCUT2D eigenvalue weighted by molar-refractivity contribution is 7.10. The smallest absolute Gasteiger partial charge is 0.234 e. The first-order valence-corrected chi connectivity index (χ1v) is 9.29. The summed E-state index contributed by atoms with van der Waals surface area (Å²) in [4.78, 5) is 18.0. The molecule has 2 heterocycles. The highest BCUT2D eigenvalue weighted by atomic mass is 32.1. The number of nitrogens with one attached hydrogen (secondary N) is 1. The molecule has 0 saturated carbocycles. The van der Waals surface area contributed by atoms with E-state index in [-0.39, 0.29) is 18.1 Å². The number of rotatable bonds is 7. The number of carbonyl (C=O) groups is 1. The summed E-state index contributed by atoms with van der Waals surface area (Å²) < 4.78 is 0. The Balaban J connectivity index is 1.78. The second kappa shape index (κ2) is 8.78. The van der Waals surface area contributed by atoms with Crippen LogP contribution in [0.2, 0.25) is 0 Å². The minimum atomic E-state index is -0.289. The number of carbonyl (C=O) groups excluding carboxylic acids is 1. The number of piperazine rings is 1. The lowest BCUT2D eigenvalue weighted by Gasteiger charge is -2.35. The fraction of sp³-hybridized carbons (Fsp3) is 0.706. The summed E-state index contributed by atoms with van der Waals surface area (Å²) in [5, 5.41) is 14.7. The van der Waals surface area contributed by atoms with Crippen molar-refractivity contribution in [1.82, 2.24) is 15.1 Å². The molecule has 0 spiro atoms. The molecule has 130 valence electrons. The molecule has 1 aliphatic heterocycles. The summed E-state index contributed by atoms with van der Waals surface area (Å²) in [6.07, 6.45) is -0.289. The van der Waals surface area contributed by atoms with Gasteiger partial charge < -0.3 is 10.4 Å². The monoisotopic (exact) mass is 339 g/mol.